The molecule has 0 aromatic carbocycles. The van der Waals surface area contributed by atoms with Gasteiger partial charge in [0.05, 0.1) is 39.4 Å². The molecule has 2 aliphatic rings. The van der Waals surface area contributed by atoms with Crippen molar-refractivity contribution in [3.05, 3.63) is 23.3 Å². The molecule has 0 radical (unpaired) electrons. The highest BCUT2D eigenvalue weighted by Crippen LogP contribution is 2.15. The lowest BCUT2D eigenvalue weighted by Gasteiger charge is -2.29. The third-order valence-corrected chi connectivity index (χ3v) is 4.76. The monoisotopic (exact) mass is 492 g/mol. The van der Waals surface area contributed by atoms with Crippen LogP contribution in [-0.2, 0) is 40.4 Å². The van der Waals surface area contributed by atoms with Crippen molar-refractivity contribution >= 4 is 18.0 Å². The van der Waals surface area contributed by atoms with Crippen molar-refractivity contribution in [3.63, 3.8) is 0 Å². The van der Waals surface area contributed by atoms with Gasteiger partial charge in [-0.1, -0.05) is 0 Å². The molecule has 2 aliphatic heterocycles. The maximum Gasteiger partial charge on any atom is 0.410 e. The van der Waals surface area contributed by atoms with Crippen LogP contribution >= 0.6 is 0 Å². The first kappa shape index (κ1) is 26.1. The van der Waals surface area contributed by atoms with E-state index >= 15 is 0 Å². The summed E-state index contributed by atoms with van der Waals surface area (Å²) in [6.45, 7) is 13.0. The molecule has 2 aromatic heterocycles. The molecule has 14 nitrogen and oxygen atoms in total. The Bertz CT molecular complexity index is 1030. The first-order chi connectivity index (χ1) is 16.6. The molecule has 0 saturated carbocycles. The molecule has 0 saturated heterocycles. The number of carbonyl (C=O) groups excluding carboxylic acids is 3. The van der Waals surface area contributed by atoms with Crippen molar-refractivity contribution in [1.82, 2.24) is 39.7 Å². The van der Waals surface area contributed by atoms with Crippen molar-refractivity contribution < 1.29 is 28.6 Å². The number of fused-ring (bicyclic) bond motifs is 2. The number of nitrogens with zero attached hydrogens (tertiary/aromatic N) is 7. The number of amides is 1. The molecule has 0 aliphatic carbocycles. The van der Waals surface area contributed by atoms with Crippen LogP contribution in [0.2, 0.25) is 0 Å². The minimum Gasteiger partial charge on any atom is -0.460 e. The minimum absolute atomic E-state index is 0.0258. The quantitative estimate of drug-likeness (QED) is 0.475. The van der Waals surface area contributed by atoms with Crippen LogP contribution in [0.3, 0.4) is 0 Å². The van der Waals surface area contributed by atoms with Gasteiger partial charge in [-0.05, 0) is 34.6 Å². The van der Waals surface area contributed by atoms with E-state index < -0.39 is 23.6 Å². The highest BCUT2D eigenvalue weighted by molar-refractivity contribution is 5.85. The van der Waals surface area contributed by atoms with Crippen LogP contribution < -0.4 is 5.32 Å². The highest BCUT2D eigenvalue weighted by atomic mass is 16.6. The van der Waals surface area contributed by atoms with Crippen LogP contribution in [0.5, 0.6) is 0 Å². The summed E-state index contributed by atoms with van der Waals surface area (Å²) in [6.07, 6.45) is -0.394. The largest absolute Gasteiger partial charge is 0.460 e. The highest BCUT2D eigenvalue weighted by Gasteiger charge is 2.28. The van der Waals surface area contributed by atoms with Gasteiger partial charge in [0.15, 0.2) is 0 Å². The average molecular weight is 493 g/mol. The van der Waals surface area contributed by atoms with Gasteiger partial charge >= 0.3 is 18.0 Å². The molecule has 35 heavy (non-hydrogen) atoms. The van der Waals surface area contributed by atoms with E-state index in [-0.39, 0.29) is 24.8 Å². The second kappa shape index (κ2) is 11.3. The summed E-state index contributed by atoms with van der Waals surface area (Å²) in [5.74, 6) is 0.524. The van der Waals surface area contributed by atoms with E-state index in [1.807, 2.05) is 20.8 Å². The predicted octanol–water partition coefficient (Wildman–Crippen LogP) is 0.764. The predicted molar refractivity (Wildman–Crippen MR) is 120 cm³/mol. The van der Waals surface area contributed by atoms with E-state index in [9.17, 15) is 14.4 Å². The molecule has 192 valence electrons. The summed E-state index contributed by atoms with van der Waals surface area (Å²) < 4.78 is 18.4. The number of ether oxygens (including phenoxy) is 3. The number of hydrogen-bond acceptors (Lipinski definition) is 11. The fraction of sp³-hybridized carbons (Fsp3) is 0.667. The maximum absolute atomic E-state index is 12.0. The van der Waals surface area contributed by atoms with Gasteiger partial charge in [-0.2, -0.15) is 0 Å². The topological polar surface area (TPSA) is 156 Å². The molecule has 1 N–H and O–H groups in total. The Labute approximate surface area is 202 Å². The number of carbonyl (C=O) groups is 3. The smallest absolute Gasteiger partial charge is 0.410 e. The molecular formula is C21H32N8O6. The lowest BCUT2D eigenvalue weighted by atomic mass is 10.2. The lowest BCUT2D eigenvalue weighted by Crippen LogP contribution is -2.41. The molecule has 0 bridgehead atoms. The van der Waals surface area contributed by atoms with Gasteiger partial charge in [-0.3, -0.25) is 4.90 Å². The van der Waals surface area contributed by atoms with Crippen LogP contribution in [0.15, 0.2) is 0 Å². The van der Waals surface area contributed by atoms with Crippen LogP contribution in [0.25, 0.3) is 0 Å². The van der Waals surface area contributed by atoms with Gasteiger partial charge in [-0.15, -0.1) is 10.2 Å². The Morgan fingerprint density at radius 2 is 1.46 bits per heavy atom. The van der Waals surface area contributed by atoms with Gasteiger partial charge in [0.1, 0.15) is 17.2 Å². The fourth-order valence-electron chi connectivity index (χ4n) is 3.25. The van der Waals surface area contributed by atoms with Crippen LogP contribution in [0.1, 0.15) is 67.5 Å². The number of nitrogens with one attached hydrogen (secondary N) is 1. The summed E-state index contributed by atoms with van der Waals surface area (Å²) in [7, 11) is 0. The Morgan fingerprint density at radius 3 is 2.00 bits per heavy atom. The molecule has 0 spiro atoms. The van der Waals surface area contributed by atoms with Crippen molar-refractivity contribution in [2.45, 2.75) is 66.4 Å². The Balaban J connectivity index is 0.000000211. The third-order valence-electron chi connectivity index (χ3n) is 4.76. The van der Waals surface area contributed by atoms with Crippen molar-refractivity contribution in [3.8, 4) is 0 Å². The molecule has 14 heteroatoms. The fourth-order valence-corrected chi connectivity index (χ4v) is 3.25. The second-order valence-corrected chi connectivity index (χ2v) is 8.67. The van der Waals surface area contributed by atoms with Crippen molar-refractivity contribution in [1.29, 1.82) is 0 Å². The van der Waals surface area contributed by atoms with Crippen LogP contribution in [0.4, 0.5) is 4.79 Å². The maximum atomic E-state index is 12.0. The standard InChI is InChI=1S/C13H20N4O4.C8H12N4O2/c1-5-20-11(18)10-14-9-8-16(6-7-17(9)15-10)12(19)21-13(2,3)4;1-2-14-8(13)7-10-6-5-9-3-4-12(6)11-7/h5-8H2,1-4H3;9H,2-5H2,1H3. The first-order valence-corrected chi connectivity index (χ1v) is 11.5. The van der Waals surface area contributed by atoms with Gasteiger partial charge in [0.2, 0.25) is 0 Å². The van der Waals surface area contributed by atoms with E-state index in [1.54, 1.807) is 28.1 Å². The van der Waals surface area contributed by atoms with E-state index in [0.29, 0.717) is 32.1 Å². The average Bonchev–Trinajstić information content (AvgIpc) is 3.42. The molecule has 2 aromatic rings. The lowest BCUT2D eigenvalue weighted by molar-refractivity contribution is 0.0190. The molecule has 0 fully saturated rings. The Kier molecular flexibility index (Phi) is 8.38. The molecule has 4 heterocycles. The Morgan fingerprint density at radius 1 is 0.886 bits per heavy atom. The summed E-state index contributed by atoms with van der Waals surface area (Å²) in [4.78, 5) is 44.7. The normalized spacial score (nSPS) is 14.7. The molecule has 1 amide bonds. The number of rotatable bonds is 4. The van der Waals surface area contributed by atoms with Crippen molar-refractivity contribution in [2.75, 3.05) is 26.3 Å². The zero-order valence-electron chi connectivity index (χ0n) is 20.7. The molecule has 0 unspecified atom stereocenters. The van der Waals surface area contributed by atoms with Crippen LogP contribution in [-0.4, -0.2) is 84.4 Å². The van der Waals surface area contributed by atoms with E-state index in [0.717, 1.165) is 18.9 Å². The first-order valence-electron chi connectivity index (χ1n) is 11.5. The minimum atomic E-state index is -0.553. The van der Waals surface area contributed by atoms with E-state index in [4.69, 9.17) is 14.2 Å². The summed E-state index contributed by atoms with van der Waals surface area (Å²) in [5, 5.41) is 11.3. The zero-order valence-corrected chi connectivity index (χ0v) is 20.7. The summed E-state index contributed by atoms with van der Waals surface area (Å²) in [6, 6.07) is 0. The number of hydrogen-bond donors (Lipinski definition) is 1. The van der Waals surface area contributed by atoms with Crippen LogP contribution in [0, 0.1) is 0 Å². The second-order valence-electron chi connectivity index (χ2n) is 8.67. The summed E-state index contributed by atoms with van der Waals surface area (Å²) >= 11 is 0. The van der Waals surface area contributed by atoms with E-state index in [1.165, 1.54) is 0 Å². The van der Waals surface area contributed by atoms with Gasteiger partial charge in [0.25, 0.3) is 11.6 Å². The SMILES string of the molecule is CCOC(=O)c1nc2n(n1)CCN(C(=O)OC(C)(C)C)C2.CCOC(=O)c1nc2n(n1)CCNC2. The van der Waals surface area contributed by atoms with Gasteiger partial charge in [-0.25, -0.2) is 33.7 Å². The van der Waals surface area contributed by atoms with E-state index in [2.05, 4.69) is 25.5 Å². The van der Waals surface area contributed by atoms with Gasteiger partial charge < -0.3 is 19.5 Å². The molecule has 4 rings (SSSR count). The Hall–Kier alpha value is -3.55. The zero-order chi connectivity index (χ0) is 25.6. The summed E-state index contributed by atoms with van der Waals surface area (Å²) in [5.41, 5.74) is -0.543. The molecule has 0 atom stereocenters. The number of esters is 2. The molecular weight excluding hydrogens is 460 g/mol. The van der Waals surface area contributed by atoms with Gasteiger partial charge in [0, 0.05) is 13.1 Å². The number of aromatic nitrogens is 6. The third kappa shape index (κ3) is 6.97. The van der Waals surface area contributed by atoms with Crippen molar-refractivity contribution in [2.24, 2.45) is 0 Å².